The molecule has 190 valence electrons. The molecule has 1 aromatic heterocycles. The SMILES string of the molecule is Cc1oc(-c2ccccc2)nc1CCOc1ccc(CCC(=O)O)c(C(=O)NCc2ccc(F)cc2)c1. The molecule has 0 atom stereocenters. The second-order valence-electron chi connectivity index (χ2n) is 8.51. The van der Waals surface area contributed by atoms with E-state index < -0.39 is 5.97 Å². The van der Waals surface area contributed by atoms with Crippen LogP contribution in [0, 0.1) is 12.7 Å². The van der Waals surface area contributed by atoms with Crippen molar-refractivity contribution in [1.82, 2.24) is 10.3 Å². The molecule has 37 heavy (non-hydrogen) atoms. The first-order chi connectivity index (χ1) is 17.9. The molecule has 0 spiro atoms. The number of aliphatic carboxylic acids is 1. The van der Waals surface area contributed by atoms with Crippen LogP contribution in [0.3, 0.4) is 0 Å². The molecule has 0 aliphatic carbocycles. The van der Waals surface area contributed by atoms with Gasteiger partial charge in [-0.05, 0) is 60.9 Å². The molecule has 1 amide bonds. The van der Waals surface area contributed by atoms with Crippen molar-refractivity contribution in [2.75, 3.05) is 6.61 Å². The van der Waals surface area contributed by atoms with Gasteiger partial charge in [0.15, 0.2) is 0 Å². The Bertz CT molecular complexity index is 1370. The van der Waals surface area contributed by atoms with Crippen LogP contribution in [0.2, 0.25) is 0 Å². The highest BCUT2D eigenvalue weighted by Crippen LogP contribution is 2.23. The number of aromatic nitrogens is 1. The number of nitrogens with zero attached hydrogens (tertiary/aromatic N) is 1. The minimum Gasteiger partial charge on any atom is -0.493 e. The van der Waals surface area contributed by atoms with Gasteiger partial charge in [0.2, 0.25) is 5.89 Å². The summed E-state index contributed by atoms with van der Waals surface area (Å²) in [5, 5.41) is 11.9. The molecule has 0 aliphatic rings. The van der Waals surface area contributed by atoms with Crippen LogP contribution in [0.4, 0.5) is 4.39 Å². The lowest BCUT2D eigenvalue weighted by Crippen LogP contribution is -2.24. The fourth-order valence-electron chi connectivity index (χ4n) is 3.83. The number of carboxylic acids is 1. The molecule has 0 aliphatic heterocycles. The van der Waals surface area contributed by atoms with Gasteiger partial charge < -0.3 is 19.6 Å². The van der Waals surface area contributed by atoms with Crippen molar-refractivity contribution >= 4 is 11.9 Å². The van der Waals surface area contributed by atoms with Gasteiger partial charge in [-0.1, -0.05) is 36.4 Å². The monoisotopic (exact) mass is 502 g/mol. The third kappa shape index (κ3) is 7.04. The van der Waals surface area contributed by atoms with Crippen LogP contribution in [0.5, 0.6) is 5.75 Å². The van der Waals surface area contributed by atoms with Gasteiger partial charge in [-0.15, -0.1) is 0 Å². The first kappa shape index (κ1) is 25.6. The fraction of sp³-hybridized carbons (Fsp3) is 0.207. The summed E-state index contributed by atoms with van der Waals surface area (Å²) in [4.78, 5) is 28.6. The Morgan fingerprint density at radius 1 is 1.03 bits per heavy atom. The molecule has 1 heterocycles. The third-order valence-corrected chi connectivity index (χ3v) is 5.82. The average Bonchev–Trinajstić information content (AvgIpc) is 3.28. The lowest BCUT2D eigenvalue weighted by Gasteiger charge is -2.13. The van der Waals surface area contributed by atoms with E-state index >= 15 is 0 Å². The zero-order valence-corrected chi connectivity index (χ0v) is 20.4. The van der Waals surface area contributed by atoms with E-state index in [4.69, 9.17) is 14.3 Å². The number of aryl methyl sites for hydroxylation is 2. The molecule has 4 aromatic rings. The highest BCUT2D eigenvalue weighted by molar-refractivity contribution is 5.96. The van der Waals surface area contributed by atoms with E-state index in [2.05, 4.69) is 10.3 Å². The van der Waals surface area contributed by atoms with Gasteiger partial charge in [-0.3, -0.25) is 9.59 Å². The number of nitrogens with one attached hydrogen (secondary N) is 1. The van der Waals surface area contributed by atoms with Crippen molar-refractivity contribution in [3.8, 4) is 17.2 Å². The third-order valence-electron chi connectivity index (χ3n) is 5.82. The highest BCUT2D eigenvalue weighted by Gasteiger charge is 2.15. The van der Waals surface area contributed by atoms with Gasteiger partial charge in [0.05, 0.1) is 12.3 Å². The summed E-state index contributed by atoms with van der Waals surface area (Å²) in [5.74, 6) is 0.0811. The van der Waals surface area contributed by atoms with Crippen LogP contribution in [0.15, 0.2) is 77.2 Å². The molecule has 0 unspecified atom stereocenters. The molecule has 0 radical (unpaired) electrons. The van der Waals surface area contributed by atoms with Gasteiger partial charge in [-0.25, -0.2) is 9.37 Å². The van der Waals surface area contributed by atoms with Crippen LogP contribution in [-0.2, 0) is 24.2 Å². The lowest BCUT2D eigenvalue weighted by atomic mass is 10.0. The van der Waals surface area contributed by atoms with Gasteiger partial charge >= 0.3 is 5.97 Å². The van der Waals surface area contributed by atoms with E-state index in [1.807, 2.05) is 37.3 Å². The molecule has 2 N–H and O–H groups in total. The standard InChI is InChI=1S/C29H27FN2O5/c1-19-26(32-29(37-19)22-5-3-2-4-6-22)15-16-36-24-13-9-21(10-14-27(33)34)25(17-24)28(35)31-18-20-7-11-23(30)12-8-20/h2-9,11-13,17H,10,14-16,18H2,1H3,(H,31,35)(H,33,34). The average molecular weight is 503 g/mol. The number of benzene rings is 3. The molecular formula is C29H27FN2O5. The minimum absolute atomic E-state index is 0.104. The molecule has 8 heteroatoms. The second-order valence-corrected chi connectivity index (χ2v) is 8.51. The number of ether oxygens (including phenoxy) is 1. The van der Waals surface area contributed by atoms with E-state index in [1.165, 1.54) is 12.1 Å². The zero-order chi connectivity index (χ0) is 26.2. The molecule has 4 rings (SSSR count). The van der Waals surface area contributed by atoms with Gasteiger partial charge in [0.25, 0.3) is 5.91 Å². The quantitative estimate of drug-likeness (QED) is 0.286. The van der Waals surface area contributed by atoms with Crippen molar-refractivity contribution in [1.29, 1.82) is 0 Å². The topological polar surface area (TPSA) is 102 Å². The zero-order valence-electron chi connectivity index (χ0n) is 20.4. The molecule has 0 bridgehead atoms. The number of amides is 1. The van der Waals surface area contributed by atoms with Crippen LogP contribution in [-0.4, -0.2) is 28.6 Å². The summed E-state index contributed by atoms with van der Waals surface area (Å²) in [6.07, 6.45) is 0.609. The number of oxazole rings is 1. The Hall–Kier alpha value is -4.46. The normalized spacial score (nSPS) is 10.8. The summed E-state index contributed by atoms with van der Waals surface area (Å²) in [5.41, 5.74) is 3.36. The number of rotatable bonds is 11. The molecule has 0 saturated carbocycles. The summed E-state index contributed by atoms with van der Waals surface area (Å²) in [6.45, 7) is 2.38. The number of halogens is 1. The second kappa shape index (κ2) is 12.0. The Kier molecular flexibility index (Phi) is 8.30. The Balaban J connectivity index is 1.43. The number of hydrogen-bond donors (Lipinski definition) is 2. The van der Waals surface area contributed by atoms with E-state index in [-0.39, 0.29) is 31.1 Å². The Morgan fingerprint density at radius 3 is 2.51 bits per heavy atom. The highest BCUT2D eigenvalue weighted by atomic mass is 19.1. The maximum absolute atomic E-state index is 13.2. The largest absolute Gasteiger partial charge is 0.493 e. The maximum atomic E-state index is 13.2. The van der Waals surface area contributed by atoms with Crippen molar-refractivity contribution in [3.05, 3.63) is 107 Å². The van der Waals surface area contributed by atoms with E-state index in [0.717, 1.165) is 16.8 Å². The lowest BCUT2D eigenvalue weighted by molar-refractivity contribution is -0.136. The maximum Gasteiger partial charge on any atom is 0.303 e. The first-order valence-corrected chi connectivity index (χ1v) is 11.9. The number of carbonyl (C=O) groups excluding carboxylic acids is 1. The van der Waals surface area contributed by atoms with E-state index in [9.17, 15) is 14.0 Å². The minimum atomic E-state index is -0.948. The number of carbonyl (C=O) groups is 2. The molecule has 0 saturated heterocycles. The summed E-state index contributed by atoms with van der Waals surface area (Å²) < 4.78 is 24.9. The molecule has 3 aromatic carbocycles. The fourth-order valence-corrected chi connectivity index (χ4v) is 3.83. The molecule has 7 nitrogen and oxygen atoms in total. The van der Waals surface area contributed by atoms with Crippen molar-refractivity contribution in [3.63, 3.8) is 0 Å². The van der Waals surface area contributed by atoms with Gasteiger partial charge in [0.1, 0.15) is 17.3 Å². The van der Waals surface area contributed by atoms with Crippen LogP contribution in [0.25, 0.3) is 11.5 Å². The Morgan fingerprint density at radius 2 is 1.78 bits per heavy atom. The number of carboxylic acid groups (broad SMARTS) is 1. The van der Waals surface area contributed by atoms with Crippen molar-refractivity contribution in [2.24, 2.45) is 0 Å². The van der Waals surface area contributed by atoms with Crippen LogP contribution >= 0.6 is 0 Å². The van der Waals surface area contributed by atoms with Crippen LogP contribution in [0.1, 0.15) is 39.4 Å². The van der Waals surface area contributed by atoms with Crippen molar-refractivity contribution in [2.45, 2.75) is 32.7 Å². The summed E-state index contributed by atoms with van der Waals surface area (Å²) in [6, 6.07) is 20.5. The molecule has 0 fully saturated rings. The molecular weight excluding hydrogens is 475 g/mol. The van der Waals surface area contributed by atoms with E-state index in [0.29, 0.717) is 41.6 Å². The van der Waals surface area contributed by atoms with Gasteiger partial charge in [0, 0.05) is 30.5 Å². The van der Waals surface area contributed by atoms with E-state index in [1.54, 1.807) is 30.3 Å². The van der Waals surface area contributed by atoms with Gasteiger partial charge in [-0.2, -0.15) is 0 Å². The van der Waals surface area contributed by atoms with Crippen LogP contribution < -0.4 is 10.1 Å². The predicted octanol–water partition coefficient (Wildman–Crippen LogP) is 5.36. The summed E-state index contributed by atoms with van der Waals surface area (Å²) >= 11 is 0. The smallest absolute Gasteiger partial charge is 0.303 e. The summed E-state index contributed by atoms with van der Waals surface area (Å²) in [7, 11) is 0. The number of hydrogen-bond acceptors (Lipinski definition) is 5. The first-order valence-electron chi connectivity index (χ1n) is 11.9. The van der Waals surface area contributed by atoms with Crippen molar-refractivity contribution < 1.29 is 28.2 Å². The predicted molar refractivity (Wildman–Crippen MR) is 136 cm³/mol. The Labute approximate surface area is 213 Å².